The van der Waals surface area contributed by atoms with Crippen molar-refractivity contribution in [3.05, 3.63) is 85.7 Å². The molecule has 0 saturated heterocycles. The van der Waals surface area contributed by atoms with Crippen LogP contribution in [0.5, 0.6) is 0 Å². The lowest BCUT2D eigenvalue weighted by Gasteiger charge is -2.12. The molecule has 3 rings (SSSR count). The van der Waals surface area contributed by atoms with Gasteiger partial charge in [-0.15, -0.1) is 0 Å². The molecule has 0 radical (unpaired) electrons. The summed E-state index contributed by atoms with van der Waals surface area (Å²) in [6, 6.07) is 10.4. The number of nitro groups is 1. The maximum absolute atomic E-state index is 12.9. The summed E-state index contributed by atoms with van der Waals surface area (Å²) in [6.45, 7) is -0.617. The Morgan fingerprint density at radius 3 is 2.58 bits per heavy atom. The summed E-state index contributed by atoms with van der Waals surface area (Å²) in [5, 5.41) is 17.0. The first-order valence-corrected chi connectivity index (χ1v) is 8.92. The van der Waals surface area contributed by atoms with Crippen LogP contribution in [0.15, 0.2) is 59.4 Å². The maximum Gasteiger partial charge on any atom is 0.416 e. The Morgan fingerprint density at radius 2 is 1.90 bits per heavy atom. The first-order valence-electron chi connectivity index (χ1n) is 8.54. The van der Waals surface area contributed by atoms with E-state index < -0.39 is 34.7 Å². The number of carbonyl (C=O) groups is 1. The van der Waals surface area contributed by atoms with E-state index in [9.17, 15) is 32.9 Å². The van der Waals surface area contributed by atoms with Gasteiger partial charge < -0.3 is 5.32 Å². The second-order valence-electron chi connectivity index (χ2n) is 6.26. The van der Waals surface area contributed by atoms with Gasteiger partial charge in [-0.2, -0.15) is 18.3 Å². The van der Waals surface area contributed by atoms with Crippen molar-refractivity contribution in [3.8, 4) is 11.3 Å². The third-order valence-electron chi connectivity index (χ3n) is 4.08. The van der Waals surface area contributed by atoms with Gasteiger partial charge >= 0.3 is 6.18 Å². The molecule has 0 spiro atoms. The van der Waals surface area contributed by atoms with Gasteiger partial charge in [0.1, 0.15) is 6.54 Å². The van der Waals surface area contributed by atoms with Gasteiger partial charge in [0.15, 0.2) is 0 Å². The van der Waals surface area contributed by atoms with Crippen LogP contribution in [-0.4, -0.2) is 20.6 Å². The predicted molar refractivity (Wildman–Crippen MR) is 106 cm³/mol. The molecule has 31 heavy (non-hydrogen) atoms. The Labute approximate surface area is 177 Å². The second kappa shape index (κ2) is 8.56. The average Bonchev–Trinajstić information content (AvgIpc) is 2.70. The number of non-ortho nitro benzene ring substituents is 1. The highest BCUT2D eigenvalue weighted by atomic mass is 35.5. The van der Waals surface area contributed by atoms with E-state index in [1.807, 2.05) is 0 Å². The maximum atomic E-state index is 12.9. The van der Waals surface area contributed by atoms with Crippen molar-refractivity contribution in [2.45, 2.75) is 12.7 Å². The van der Waals surface area contributed by atoms with E-state index in [1.54, 1.807) is 0 Å². The smallest absolute Gasteiger partial charge is 0.323 e. The van der Waals surface area contributed by atoms with Gasteiger partial charge in [-0.1, -0.05) is 23.7 Å². The Hall–Kier alpha value is -3.73. The van der Waals surface area contributed by atoms with Crippen LogP contribution in [0.1, 0.15) is 5.56 Å². The average molecular weight is 453 g/mol. The summed E-state index contributed by atoms with van der Waals surface area (Å²) in [6.07, 6.45) is -4.63. The lowest BCUT2D eigenvalue weighted by Crippen LogP contribution is -2.29. The van der Waals surface area contributed by atoms with Crippen molar-refractivity contribution in [2.75, 3.05) is 5.32 Å². The zero-order chi connectivity index (χ0) is 22.8. The Balaban J connectivity index is 1.84. The molecule has 0 bridgehead atoms. The molecule has 1 N–H and O–H groups in total. The summed E-state index contributed by atoms with van der Waals surface area (Å²) < 4.78 is 39.4. The van der Waals surface area contributed by atoms with E-state index in [0.29, 0.717) is 11.6 Å². The molecule has 0 unspecified atom stereocenters. The minimum Gasteiger partial charge on any atom is -0.323 e. The van der Waals surface area contributed by atoms with Crippen LogP contribution in [-0.2, 0) is 17.5 Å². The molecule has 0 aliphatic carbocycles. The zero-order valence-corrected chi connectivity index (χ0v) is 16.1. The van der Waals surface area contributed by atoms with Crippen LogP contribution in [0.3, 0.4) is 0 Å². The molecule has 1 amide bonds. The van der Waals surface area contributed by atoms with Gasteiger partial charge in [0.2, 0.25) is 5.91 Å². The molecule has 0 fully saturated rings. The number of nitro benzene ring substituents is 1. The van der Waals surface area contributed by atoms with E-state index in [-0.39, 0.29) is 22.1 Å². The minimum absolute atomic E-state index is 0.119. The molecule has 12 heteroatoms. The molecule has 0 aliphatic heterocycles. The number of anilines is 1. The summed E-state index contributed by atoms with van der Waals surface area (Å²) in [7, 11) is 0. The van der Waals surface area contributed by atoms with E-state index >= 15 is 0 Å². The molecule has 0 saturated carbocycles. The van der Waals surface area contributed by atoms with Gasteiger partial charge in [-0.25, -0.2) is 4.68 Å². The number of benzene rings is 2. The fourth-order valence-electron chi connectivity index (χ4n) is 2.62. The summed E-state index contributed by atoms with van der Waals surface area (Å²) in [5.74, 6) is -0.841. The van der Waals surface area contributed by atoms with E-state index in [0.717, 1.165) is 22.9 Å². The lowest BCUT2D eigenvalue weighted by molar-refractivity contribution is -0.384. The van der Waals surface area contributed by atoms with E-state index in [1.165, 1.54) is 30.3 Å². The highest BCUT2D eigenvalue weighted by Crippen LogP contribution is 2.33. The predicted octanol–water partition coefficient (Wildman–Crippen LogP) is 4.13. The monoisotopic (exact) mass is 452 g/mol. The quantitative estimate of drug-likeness (QED) is 0.462. The van der Waals surface area contributed by atoms with Crippen LogP contribution in [0.25, 0.3) is 11.3 Å². The molecule has 160 valence electrons. The summed E-state index contributed by atoms with van der Waals surface area (Å²) >= 11 is 5.85. The second-order valence-corrected chi connectivity index (χ2v) is 6.67. The Morgan fingerprint density at radius 1 is 1.16 bits per heavy atom. The number of hydrogen-bond acceptors (Lipinski definition) is 5. The van der Waals surface area contributed by atoms with E-state index in [2.05, 4.69) is 10.4 Å². The highest BCUT2D eigenvalue weighted by molar-refractivity contribution is 6.33. The molecule has 2 aromatic carbocycles. The number of nitrogens with zero attached hydrogens (tertiary/aromatic N) is 3. The molecule has 0 atom stereocenters. The van der Waals surface area contributed by atoms with Crippen LogP contribution in [0, 0.1) is 10.1 Å². The first kappa shape index (κ1) is 22.0. The van der Waals surface area contributed by atoms with Crippen molar-refractivity contribution < 1.29 is 22.9 Å². The summed E-state index contributed by atoms with van der Waals surface area (Å²) in [5.41, 5.74) is -1.59. The zero-order valence-electron chi connectivity index (χ0n) is 15.4. The minimum atomic E-state index is -4.63. The largest absolute Gasteiger partial charge is 0.416 e. The number of aromatic nitrogens is 2. The standard InChI is InChI=1S/C19H12ClF3N4O4/c20-14-5-4-12(19(21,22)23)9-16(14)24-17(28)10-26-18(29)7-6-15(25-26)11-2-1-3-13(8-11)27(30)31/h1-9H,10H2,(H,24,28). The molecule has 1 heterocycles. The van der Waals surface area contributed by atoms with Crippen molar-refractivity contribution in [1.82, 2.24) is 9.78 Å². The molecule has 0 aliphatic rings. The van der Waals surface area contributed by atoms with Crippen molar-refractivity contribution >= 4 is 28.9 Å². The molecule has 1 aromatic heterocycles. The van der Waals surface area contributed by atoms with Gasteiger partial charge in [-0.3, -0.25) is 19.7 Å². The number of rotatable bonds is 5. The van der Waals surface area contributed by atoms with Crippen molar-refractivity contribution in [1.29, 1.82) is 0 Å². The summed E-state index contributed by atoms with van der Waals surface area (Å²) in [4.78, 5) is 34.7. The highest BCUT2D eigenvalue weighted by Gasteiger charge is 2.31. The van der Waals surface area contributed by atoms with E-state index in [4.69, 9.17) is 11.6 Å². The number of carbonyl (C=O) groups excluding carboxylic acids is 1. The topological polar surface area (TPSA) is 107 Å². The Kier molecular flexibility index (Phi) is 6.07. The number of halogens is 4. The lowest BCUT2D eigenvalue weighted by atomic mass is 10.1. The SMILES string of the molecule is O=C(Cn1nc(-c2cccc([N+](=O)[O-])c2)ccc1=O)Nc1cc(C(F)(F)F)ccc1Cl. The van der Waals surface area contributed by atoms with Crippen LogP contribution in [0.2, 0.25) is 5.02 Å². The fourth-order valence-corrected chi connectivity index (χ4v) is 2.78. The molecular formula is C19H12ClF3N4O4. The number of amides is 1. The molecule has 3 aromatic rings. The van der Waals surface area contributed by atoms with Gasteiger partial charge in [0.25, 0.3) is 11.2 Å². The molecular weight excluding hydrogens is 441 g/mol. The number of hydrogen-bond donors (Lipinski definition) is 1. The van der Waals surface area contributed by atoms with Crippen LogP contribution < -0.4 is 10.9 Å². The number of alkyl halides is 3. The van der Waals surface area contributed by atoms with Crippen molar-refractivity contribution in [3.63, 3.8) is 0 Å². The first-order chi connectivity index (χ1) is 14.5. The van der Waals surface area contributed by atoms with Crippen LogP contribution in [0.4, 0.5) is 24.5 Å². The van der Waals surface area contributed by atoms with Crippen molar-refractivity contribution in [2.24, 2.45) is 0 Å². The van der Waals surface area contributed by atoms with Gasteiger partial charge in [0.05, 0.1) is 26.9 Å². The number of nitrogens with one attached hydrogen (secondary N) is 1. The third kappa shape index (κ3) is 5.25. The Bertz CT molecular complexity index is 1230. The normalized spacial score (nSPS) is 11.2. The van der Waals surface area contributed by atoms with Crippen LogP contribution >= 0.6 is 11.6 Å². The van der Waals surface area contributed by atoms with Gasteiger partial charge in [-0.05, 0) is 24.3 Å². The fraction of sp³-hybridized carbons (Fsp3) is 0.105. The third-order valence-corrected chi connectivity index (χ3v) is 4.41. The molecule has 8 nitrogen and oxygen atoms in total. The van der Waals surface area contributed by atoms with Gasteiger partial charge in [0, 0.05) is 23.8 Å².